The largest absolute Gasteiger partial charge is 0.490 e. The van der Waals surface area contributed by atoms with E-state index in [1.54, 1.807) is 0 Å². The molecule has 2 aliphatic rings. The maximum Gasteiger partial charge on any atom is 0.164 e. The van der Waals surface area contributed by atoms with E-state index in [-0.39, 0.29) is 5.82 Å². The number of hydrogen-bond donors (Lipinski definition) is 1. The Balaban J connectivity index is 1.78. The molecule has 3 nitrogen and oxygen atoms in total. The summed E-state index contributed by atoms with van der Waals surface area (Å²) < 4.78 is 25.2. The number of halogens is 1. The van der Waals surface area contributed by atoms with Gasteiger partial charge in [-0.05, 0) is 37.4 Å². The molecule has 0 amide bonds. The third-order valence-corrected chi connectivity index (χ3v) is 3.80. The van der Waals surface area contributed by atoms with Gasteiger partial charge in [0.05, 0.1) is 13.2 Å². The highest BCUT2D eigenvalue weighted by atomic mass is 19.1. The summed E-state index contributed by atoms with van der Waals surface area (Å²) in [6.45, 7) is 2.27. The van der Waals surface area contributed by atoms with Gasteiger partial charge in [-0.2, -0.15) is 0 Å². The molecule has 1 atom stereocenters. The quantitative estimate of drug-likeness (QED) is 0.891. The Labute approximate surface area is 113 Å². The molecule has 0 aliphatic carbocycles. The van der Waals surface area contributed by atoms with E-state index in [1.165, 1.54) is 18.9 Å². The Morgan fingerprint density at radius 2 is 1.89 bits per heavy atom. The van der Waals surface area contributed by atoms with Gasteiger partial charge in [-0.1, -0.05) is 6.42 Å². The van der Waals surface area contributed by atoms with E-state index < -0.39 is 0 Å². The van der Waals surface area contributed by atoms with Crippen molar-refractivity contribution in [3.8, 4) is 11.5 Å². The van der Waals surface area contributed by atoms with Crippen LogP contribution < -0.4 is 14.8 Å². The molecule has 104 valence electrons. The number of hydrogen-bond acceptors (Lipinski definition) is 3. The van der Waals surface area contributed by atoms with Crippen LogP contribution in [0.5, 0.6) is 11.5 Å². The van der Waals surface area contributed by atoms with E-state index in [9.17, 15) is 4.39 Å². The monoisotopic (exact) mass is 265 g/mol. The van der Waals surface area contributed by atoms with Crippen molar-refractivity contribution in [2.75, 3.05) is 19.8 Å². The van der Waals surface area contributed by atoms with Crippen LogP contribution in [0.4, 0.5) is 4.39 Å². The van der Waals surface area contributed by atoms with E-state index in [0.717, 1.165) is 31.4 Å². The number of ether oxygens (including phenoxy) is 2. The smallest absolute Gasteiger partial charge is 0.164 e. The van der Waals surface area contributed by atoms with Gasteiger partial charge in [-0.25, -0.2) is 4.39 Å². The Kier molecular flexibility index (Phi) is 3.87. The second kappa shape index (κ2) is 5.78. The number of fused-ring (bicyclic) bond motifs is 1. The van der Waals surface area contributed by atoms with Crippen molar-refractivity contribution in [2.24, 2.45) is 0 Å². The van der Waals surface area contributed by atoms with Crippen molar-refractivity contribution in [3.63, 3.8) is 0 Å². The lowest BCUT2D eigenvalue weighted by Gasteiger charge is -2.24. The molecule has 0 aromatic heterocycles. The van der Waals surface area contributed by atoms with Crippen LogP contribution >= 0.6 is 0 Å². The molecule has 1 aromatic rings. The lowest BCUT2D eigenvalue weighted by Crippen LogP contribution is -2.35. The fourth-order valence-electron chi connectivity index (χ4n) is 2.75. The topological polar surface area (TPSA) is 30.5 Å². The fraction of sp³-hybridized carbons (Fsp3) is 0.600. The van der Waals surface area contributed by atoms with Gasteiger partial charge in [-0.15, -0.1) is 0 Å². The molecule has 0 bridgehead atoms. The predicted molar refractivity (Wildman–Crippen MR) is 71.4 cm³/mol. The Morgan fingerprint density at radius 1 is 1.11 bits per heavy atom. The fourth-order valence-corrected chi connectivity index (χ4v) is 2.75. The van der Waals surface area contributed by atoms with Crippen molar-refractivity contribution in [1.82, 2.24) is 5.32 Å². The minimum absolute atomic E-state index is 0.184. The molecule has 4 heteroatoms. The number of rotatable bonds is 2. The molecule has 2 heterocycles. The molecule has 0 radical (unpaired) electrons. The van der Waals surface area contributed by atoms with Crippen molar-refractivity contribution in [3.05, 3.63) is 23.5 Å². The molecule has 1 fully saturated rings. The van der Waals surface area contributed by atoms with Crippen molar-refractivity contribution in [1.29, 1.82) is 0 Å². The van der Waals surface area contributed by atoms with Crippen LogP contribution in [0.3, 0.4) is 0 Å². The van der Waals surface area contributed by atoms with Gasteiger partial charge in [-0.3, -0.25) is 0 Å². The lowest BCUT2D eigenvalue weighted by molar-refractivity contribution is 0.296. The van der Waals surface area contributed by atoms with Crippen LogP contribution in [0.1, 0.15) is 31.2 Å². The van der Waals surface area contributed by atoms with E-state index >= 15 is 0 Å². The second-order valence-corrected chi connectivity index (χ2v) is 5.29. The van der Waals surface area contributed by atoms with Crippen LogP contribution in [-0.2, 0) is 6.42 Å². The van der Waals surface area contributed by atoms with Crippen molar-refractivity contribution >= 4 is 0 Å². The summed E-state index contributed by atoms with van der Waals surface area (Å²) in [6.07, 6.45) is 5.14. The summed E-state index contributed by atoms with van der Waals surface area (Å²) in [5, 5.41) is 3.45. The van der Waals surface area contributed by atoms with Crippen LogP contribution in [0.25, 0.3) is 0 Å². The Hall–Kier alpha value is -1.29. The first kappa shape index (κ1) is 12.7. The van der Waals surface area contributed by atoms with Gasteiger partial charge in [0.25, 0.3) is 0 Å². The predicted octanol–water partition coefficient (Wildman–Crippen LogP) is 2.67. The summed E-state index contributed by atoms with van der Waals surface area (Å²) in [6, 6.07) is 3.67. The molecule has 3 rings (SSSR count). The van der Waals surface area contributed by atoms with Gasteiger partial charge in [0.2, 0.25) is 0 Å². The van der Waals surface area contributed by atoms with E-state index in [0.29, 0.717) is 30.8 Å². The van der Waals surface area contributed by atoms with Crippen molar-refractivity contribution in [2.45, 2.75) is 38.1 Å². The average Bonchev–Trinajstić information content (AvgIpc) is 2.65. The van der Waals surface area contributed by atoms with Gasteiger partial charge in [0.1, 0.15) is 5.82 Å². The second-order valence-electron chi connectivity index (χ2n) is 5.29. The zero-order valence-corrected chi connectivity index (χ0v) is 11.1. The molecule has 1 unspecified atom stereocenters. The van der Waals surface area contributed by atoms with Gasteiger partial charge < -0.3 is 14.8 Å². The molecular weight excluding hydrogens is 245 g/mol. The van der Waals surface area contributed by atoms with Crippen molar-refractivity contribution < 1.29 is 13.9 Å². The van der Waals surface area contributed by atoms with E-state index in [1.807, 2.05) is 6.07 Å². The highest BCUT2D eigenvalue weighted by Gasteiger charge is 2.19. The van der Waals surface area contributed by atoms with Crippen LogP contribution in [-0.4, -0.2) is 25.8 Å². The highest BCUT2D eigenvalue weighted by molar-refractivity contribution is 5.44. The standard InChI is InChI=1S/C15H20FNO2/c16-13-10-15-14(18-6-3-7-19-15)9-11(13)8-12-4-1-2-5-17-12/h9-10,12,17H,1-8H2. The SMILES string of the molecule is Fc1cc2c(cc1CC1CCCCN1)OCCCO2. The minimum atomic E-state index is -0.184. The highest BCUT2D eigenvalue weighted by Crippen LogP contribution is 2.33. The van der Waals surface area contributed by atoms with Crippen LogP contribution in [0, 0.1) is 5.82 Å². The number of piperidine rings is 1. The first-order valence-corrected chi connectivity index (χ1v) is 7.14. The lowest BCUT2D eigenvalue weighted by atomic mass is 9.97. The summed E-state index contributed by atoms with van der Waals surface area (Å²) in [7, 11) is 0. The van der Waals surface area contributed by atoms with E-state index in [2.05, 4.69) is 5.32 Å². The average molecular weight is 265 g/mol. The van der Waals surface area contributed by atoms with Crippen LogP contribution in [0.2, 0.25) is 0 Å². The molecule has 1 aromatic carbocycles. The summed E-state index contributed by atoms with van der Waals surface area (Å²) in [4.78, 5) is 0. The summed E-state index contributed by atoms with van der Waals surface area (Å²) >= 11 is 0. The zero-order chi connectivity index (χ0) is 13.1. The third-order valence-electron chi connectivity index (χ3n) is 3.80. The third kappa shape index (κ3) is 3.00. The van der Waals surface area contributed by atoms with Gasteiger partial charge in [0, 0.05) is 18.5 Å². The number of benzene rings is 1. The summed E-state index contributed by atoms with van der Waals surface area (Å²) in [5.41, 5.74) is 0.726. The molecule has 1 saturated heterocycles. The first-order valence-electron chi connectivity index (χ1n) is 7.14. The number of nitrogens with one attached hydrogen (secondary N) is 1. The molecule has 1 N–H and O–H groups in total. The maximum atomic E-state index is 14.1. The molecule has 0 spiro atoms. The van der Waals surface area contributed by atoms with Gasteiger partial charge in [0.15, 0.2) is 11.5 Å². The molecular formula is C15H20FNO2. The van der Waals surface area contributed by atoms with E-state index in [4.69, 9.17) is 9.47 Å². The first-order chi connectivity index (χ1) is 9.33. The van der Waals surface area contributed by atoms with Gasteiger partial charge >= 0.3 is 0 Å². The normalized spacial score (nSPS) is 22.9. The maximum absolute atomic E-state index is 14.1. The summed E-state index contributed by atoms with van der Waals surface area (Å²) in [5.74, 6) is 1.04. The molecule has 0 saturated carbocycles. The zero-order valence-electron chi connectivity index (χ0n) is 11.1. The minimum Gasteiger partial charge on any atom is -0.490 e. The molecule has 19 heavy (non-hydrogen) atoms. The Morgan fingerprint density at radius 3 is 2.63 bits per heavy atom. The molecule has 2 aliphatic heterocycles. The van der Waals surface area contributed by atoms with Crippen LogP contribution in [0.15, 0.2) is 12.1 Å². The Bertz CT molecular complexity index is 444.